The van der Waals surface area contributed by atoms with E-state index in [1.54, 1.807) is 6.20 Å². The van der Waals surface area contributed by atoms with Gasteiger partial charge >= 0.3 is 0 Å². The second-order valence-electron chi connectivity index (χ2n) is 4.45. The molecule has 5 heteroatoms. The van der Waals surface area contributed by atoms with Crippen LogP contribution in [0.2, 0.25) is 0 Å². The van der Waals surface area contributed by atoms with Gasteiger partial charge in [0.05, 0.1) is 12.3 Å². The van der Waals surface area contributed by atoms with Crippen LogP contribution >= 0.6 is 12.4 Å². The predicted octanol–water partition coefficient (Wildman–Crippen LogP) is 2.73. The van der Waals surface area contributed by atoms with Gasteiger partial charge in [0, 0.05) is 24.8 Å². The molecule has 0 amide bonds. The predicted molar refractivity (Wildman–Crippen MR) is 75.3 cm³/mol. The Morgan fingerprint density at radius 1 is 1.32 bits per heavy atom. The molecule has 3 rings (SSSR count). The van der Waals surface area contributed by atoms with Crippen LogP contribution in [-0.2, 0) is 11.2 Å². The Hall–Kier alpha value is -1.36. The lowest BCUT2D eigenvalue weighted by molar-refractivity contribution is 0.0627. The molecule has 0 bridgehead atoms. The minimum Gasteiger partial charge on any atom is -0.372 e. The number of hydrogen-bond donors (Lipinski definition) is 1. The van der Waals surface area contributed by atoms with E-state index in [0.29, 0.717) is 6.54 Å². The summed E-state index contributed by atoms with van der Waals surface area (Å²) < 4.78 is 11.1. The smallest absolute Gasteiger partial charge is 0.167 e. The molecule has 2 aromatic rings. The average molecular weight is 281 g/mol. The summed E-state index contributed by atoms with van der Waals surface area (Å²) in [6.07, 6.45) is 3.66. The molecule has 102 valence electrons. The van der Waals surface area contributed by atoms with Crippen molar-refractivity contribution in [3.05, 3.63) is 41.6 Å². The van der Waals surface area contributed by atoms with Crippen LogP contribution in [0.5, 0.6) is 0 Å². The van der Waals surface area contributed by atoms with Gasteiger partial charge in [0.2, 0.25) is 0 Å². The number of rotatable bonds is 2. The molecule has 1 aliphatic heterocycles. The Morgan fingerprint density at radius 2 is 2.21 bits per heavy atom. The zero-order valence-electron chi connectivity index (χ0n) is 10.5. The number of nitrogens with zero attached hydrogens (tertiary/aromatic N) is 1. The molecule has 0 aliphatic carbocycles. The van der Waals surface area contributed by atoms with Crippen LogP contribution in [0.3, 0.4) is 0 Å². The molecule has 0 saturated carbocycles. The summed E-state index contributed by atoms with van der Waals surface area (Å²) in [5.74, 6) is 0.810. The van der Waals surface area contributed by atoms with Crippen LogP contribution < -0.4 is 5.73 Å². The normalized spacial score (nSPS) is 18.3. The maximum absolute atomic E-state index is 5.80. The van der Waals surface area contributed by atoms with Crippen LogP contribution in [-0.4, -0.2) is 18.3 Å². The van der Waals surface area contributed by atoms with Crippen molar-refractivity contribution < 1.29 is 9.26 Å². The van der Waals surface area contributed by atoms with Crippen molar-refractivity contribution in [3.63, 3.8) is 0 Å². The second kappa shape index (κ2) is 6.19. The lowest BCUT2D eigenvalue weighted by atomic mass is 9.93. The van der Waals surface area contributed by atoms with E-state index in [2.05, 4.69) is 17.3 Å². The third-order valence-electron chi connectivity index (χ3n) is 3.37. The molecule has 1 atom stereocenters. The van der Waals surface area contributed by atoms with Gasteiger partial charge in [0.15, 0.2) is 5.76 Å². The van der Waals surface area contributed by atoms with E-state index in [4.69, 9.17) is 15.0 Å². The van der Waals surface area contributed by atoms with Crippen molar-refractivity contribution in [2.75, 3.05) is 13.2 Å². The third kappa shape index (κ3) is 2.66. The zero-order valence-corrected chi connectivity index (χ0v) is 11.4. The van der Waals surface area contributed by atoms with Crippen molar-refractivity contribution in [2.24, 2.45) is 5.73 Å². The molecule has 0 radical (unpaired) electrons. The van der Waals surface area contributed by atoms with Crippen LogP contribution in [0, 0.1) is 0 Å². The number of aromatic nitrogens is 1. The molecule has 1 aromatic carbocycles. The first-order valence-electron chi connectivity index (χ1n) is 6.24. The van der Waals surface area contributed by atoms with Crippen molar-refractivity contribution in [3.8, 4) is 11.3 Å². The number of halogens is 1. The molecule has 4 nitrogen and oxygen atoms in total. The SMILES string of the molecule is Cl.NC[C@@H]1OCCCc2c(-c3ccno3)cccc21. The van der Waals surface area contributed by atoms with E-state index >= 15 is 0 Å². The van der Waals surface area contributed by atoms with Gasteiger partial charge in [-0.2, -0.15) is 0 Å². The number of fused-ring (bicyclic) bond motifs is 1. The van der Waals surface area contributed by atoms with E-state index in [0.717, 1.165) is 30.8 Å². The molecule has 1 aliphatic rings. The van der Waals surface area contributed by atoms with Gasteiger partial charge in [0.25, 0.3) is 0 Å². The monoisotopic (exact) mass is 280 g/mol. The largest absolute Gasteiger partial charge is 0.372 e. The highest BCUT2D eigenvalue weighted by Gasteiger charge is 2.21. The second-order valence-corrected chi connectivity index (χ2v) is 4.45. The fourth-order valence-corrected chi connectivity index (χ4v) is 2.53. The Kier molecular flexibility index (Phi) is 4.58. The van der Waals surface area contributed by atoms with Crippen molar-refractivity contribution in [1.82, 2.24) is 5.16 Å². The van der Waals surface area contributed by atoms with Crippen LogP contribution in [0.1, 0.15) is 23.7 Å². The van der Waals surface area contributed by atoms with E-state index < -0.39 is 0 Å². The highest BCUT2D eigenvalue weighted by Crippen LogP contribution is 2.33. The number of ether oxygens (including phenoxy) is 1. The van der Waals surface area contributed by atoms with E-state index in [-0.39, 0.29) is 18.5 Å². The molecule has 0 fully saturated rings. The quantitative estimate of drug-likeness (QED) is 0.919. The van der Waals surface area contributed by atoms with Gasteiger partial charge in [-0.05, 0) is 24.0 Å². The highest BCUT2D eigenvalue weighted by molar-refractivity contribution is 5.85. The maximum Gasteiger partial charge on any atom is 0.167 e. The average Bonchev–Trinajstić information content (AvgIpc) is 2.85. The molecule has 19 heavy (non-hydrogen) atoms. The lowest BCUT2D eigenvalue weighted by Crippen LogP contribution is -2.16. The molecule has 0 unspecified atom stereocenters. The Balaban J connectivity index is 0.00000133. The van der Waals surface area contributed by atoms with Crippen LogP contribution in [0.15, 0.2) is 35.0 Å². The van der Waals surface area contributed by atoms with Gasteiger partial charge in [-0.25, -0.2) is 0 Å². The standard InChI is InChI=1S/C14H16N2O2.ClH/c15-9-14-12-4-1-3-11(13-6-7-16-18-13)10(12)5-2-8-17-14;/h1,3-4,6-7,14H,2,5,8-9,15H2;1H/t14-;/m0./s1. The zero-order chi connectivity index (χ0) is 12.4. The molecule has 2 heterocycles. The Morgan fingerprint density at radius 3 is 2.95 bits per heavy atom. The molecule has 0 spiro atoms. The van der Waals surface area contributed by atoms with Crippen LogP contribution in [0.25, 0.3) is 11.3 Å². The van der Waals surface area contributed by atoms with Gasteiger partial charge < -0.3 is 15.0 Å². The van der Waals surface area contributed by atoms with Crippen molar-refractivity contribution in [1.29, 1.82) is 0 Å². The first-order valence-corrected chi connectivity index (χ1v) is 6.24. The van der Waals surface area contributed by atoms with Crippen molar-refractivity contribution >= 4 is 12.4 Å². The van der Waals surface area contributed by atoms with Gasteiger partial charge in [-0.3, -0.25) is 0 Å². The highest BCUT2D eigenvalue weighted by atomic mass is 35.5. The van der Waals surface area contributed by atoms with Gasteiger partial charge in [-0.1, -0.05) is 23.4 Å². The third-order valence-corrected chi connectivity index (χ3v) is 3.37. The topological polar surface area (TPSA) is 61.3 Å². The lowest BCUT2D eigenvalue weighted by Gasteiger charge is -2.17. The Bertz CT molecular complexity index is 528. The Labute approximate surface area is 118 Å². The summed E-state index contributed by atoms with van der Waals surface area (Å²) in [5.41, 5.74) is 9.36. The number of benzene rings is 1. The molecular formula is C14H17ClN2O2. The summed E-state index contributed by atoms with van der Waals surface area (Å²) >= 11 is 0. The maximum atomic E-state index is 5.80. The van der Waals surface area contributed by atoms with E-state index in [1.807, 2.05) is 12.1 Å². The number of nitrogens with two attached hydrogens (primary N) is 1. The van der Waals surface area contributed by atoms with Gasteiger partial charge in [0.1, 0.15) is 0 Å². The summed E-state index contributed by atoms with van der Waals surface area (Å²) in [7, 11) is 0. The first-order chi connectivity index (χ1) is 8.90. The summed E-state index contributed by atoms with van der Waals surface area (Å²) in [5, 5.41) is 3.78. The molecule has 1 aromatic heterocycles. The molecular weight excluding hydrogens is 264 g/mol. The summed E-state index contributed by atoms with van der Waals surface area (Å²) in [6, 6.07) is 8.07. The first kappa shape index (κ1) is 14.1. The summed E-state index contributed by atoms with van der Waals surface area (Å²) in [6.45, 7) is 1.26. The minimum absolute atomic E-state index is 0. The minimum atomic E-state index is -0.00892. The van der Waals surface area contributed by atoms with Crippen LogP contribution in [0.4, 0.5) is 0 Å². The molecule has 2 N–H and O–H groups in total. The van der Waals surface area contributed by atoms with E-state index in [9.17, 15) is 0 Å². The van der Waals surface area contributed by atoms with Gasteiger partial charge in [-0.15, -0.1) is 12.4 Å². The number of hydrogen-bond acceptors (Lipinski definition) is 4. The fourth-order valence-electron chi connectivity index (χ4n) is 2.53. The fraction of sp³-hybridized carbons (Fsp3) is 0.357. The van der Waals surface area contributed by atoms with E-state index in [1.165, 1.54) is 11.1 Å². The molecule has 0 saturated heterocycles. The van der Waals surface area contributed by atoms with Crippen molar-refractivity contribution in [2.45, 2.75) is 18.9 Å². The summed E-state index contributed by atoms with van der Waals surface area (Å²) in [4.78, 5) is 0.